The number of hydrogen-bond donors (Lipinski definition) is 1. The molecule has 3 rings (SSSR count). The van der Waals surface area contributed by atoms with Crippen molar-refractivity contribution in [2.45, 2.75) is 26.4 Å². The molecular formula is C20H20ClN3O4. The standard InChI is InChI=1S/C20H20ClN3O4/c1-4-12(2)28-18-15(21)9-13(10-17(18)27-3)11-22-24-19(25)14-7-5-6-8-16(14)23-20(24)26/h5-12H,4H2,1-3H3,(H,23,26)/t12-/m1/s1. The number of hydrogen-bond acceptors (Lipinski definition) is 5. The van der Waals surface area contributed by atoms with Gasteiger partial charge in [-0.2, -0.15) is 5.10 Å². The van der Waals surface area contributed by atoms with Crippen molar-refractivity contribution < 1.29 is 9.47 Å². The Bertz CT molecular complexity index is 1150. The highest BCUT2D eigenvalue weighted by Crippen LogP contribution is 2.37. The monoisotopic (exact) mass is 401 g/mol. The fourth-order valence-corrected chi connectivity index (χ4v) is 2.86. The number of nitrogens with zero attached hydrogens (tertiary/aromatic N) is 2. The molecule has 0 aliphatic heterocycles. The highest BCUT2D eigenvalue weighted by Gasteiger charge is 2.14. The van der Waals surface area contributed by atoms with Crippen molar-refractivity contribution in [3.8, 4) is 11.5 Å². The molecule has 1 atom stereocenters. The van der Waals surface area contributed by atoms with E-state index in [4.69, 9.17) is 21.1 Å². The summed E-state index contributed by atoms with van der Waals surface area (Å²) in [6.45, 7) is 3.94. The van der Waals surface area contributed by atoms with E-state index in [-0.39, 0.29) is 6.10 Å². The first-order valence-corrected chi connectivity index (χ1v) is 9.15. The number of rotatable bonds is 6. The van der Waals surface area contributed by atoms with E-state index in [1.54, 1.807) is 36.4 Å². The molecule has 0 unspecified atom stereocenters. The van der Waals surface area contributed by atoms with Gasteiger partial charge < -0.3 is 14.5 Å². The number of nitrogens with one attached hydrogen (secondary N) is 1. The van der Waals surface area contributed by atoms with Gasteiger partial charge in [0.1, 0.15) is 0 Å². The van der Waals surface area contributed by atoms with E-state index in [0.717, 1.165) is 11.1 Å². The molecule has 0 bridgehead atoms. The number of aromatic nitrogens is 2. The maximum absolute atomic E-state index is 12.5. The summed E-state index contributed by atoms with van der Waals surface area (Å²) < 4.78 is 11.9. The normalized spacial score (nSPS) is 12.4. The molecule has 0 amide bonds. The third-order valence-corrected chi connectivity index (χ3v) is 4.53. The van der Waals surface area contributed by atoms with Gasteiger partial charge in [-0.3, -0.25) is 4.79 Å². The summed E-state index contributed by atoms with van der Waals surface area (Å²) >= 11 is 6.33. The minimum Gasteiger partial charge on any atom is -0.493 e. The van der Waals surface area contributed by atoms with Gasteiger partial charge in [0.2, 0.25) is 0 Å². The molecule has 0 saturated carbocycles. The summed E-state index contributed by atoms with van der Waals surface area (Å²) in [5.41, 5.74) is -0.127. The number of para-hydroxylation sites is 1. The van der Waals surface area contributed by atoms with Gasteiger partial charge in [-0.1, -0.05) is 30.7 Å². The van der Waals surface area contributed by atoms with Crippen molar-refractivity contribution in [1.82, 2.24) is 9.66 Å². The van der Waals surface area contributed by atoms with E-state index >= 15 is 0 Å². The van der Waals surface area contributed by atoms with Gasteiger partial charge in [-0.15, -0.1) is 4.68 Å². The molecule has 8 heteroatoms. The zero-order valence-corrected chi connectivity index (χ0v) is 16.5. The molecule has 3 aromatic rings. The molecule has 0 aliphatic rings. The number of benzene rings is 2. The molecule has 2 aromatic carbocycles. The molecule has 7 nitrogen and oxygen atoms in total. The summed E-state index contributed by atoms with van der Waals surface area (Å²) in [4.78, 5) is 27.4. The summed E-state index contributed by atoms with van der Waals surface area (Å²) in [5.74, 6) is 0.880. The first-order valence-electron chi connectivity index (χ1n) is 8.77. The molecule has 28 heavy (non-hydrogen) atoms. The fraction of sp³-hybridized carbons (Fsp3) is 0.250. The quantitative estimate of drug-likeness (QED) is 0.641. The van der Waals surface area contributed by atoms with Crippen LogP contribution in [0.1, 0.15) is 25.8 Å². The van der Waals surface area contributed by atoms with Gasteiger partial charge in [0.15, 0.2) is 11.5 Å². The smallest absolute Gasteiger partial charge is 0.349 e. The Balaban J connectivity index is 2.01. The Morgan fingerprint density at radius 1 is 1.29 bits per heavy atom. The Hall–Kier alpha value is -3.06. The van der Waals surface area contributed by atoms with E-state index in [1.807, 2.05) is 13.8 Å². The van der Waals surface area contributed by atoms with Crippen LogP contribution in [0, 0.1) is 0 Å². The Morgan fingerprint density at radius 3 is 2.75 bits per heavy atom. The summed E-state index contributed by atoms with van der Waals surface area (Å²) in [6, 6.07) is 10.0. The molecule has 0 fully saturated rings. The third-order valence-electron chi connectivity index (χ3n) is 4.25. The van der Waals surface area contributed by atoms with Crippen LogP contribution in [0.4, 0.5) is 0 Å². The number of fused-ring (bicyclic) bond motifs is 1. The number of methoxy groups -OCH3 is 1. The van der Waals surface area contributed by atoms with Gasteiger partial charge in [0.05, 0.1) is 35.4 Å². The molecule has 1 heterocycles. The average Bonchev–Trinajstić information content (AvgIpc) is 2.69. The summed E-state index contributed by atoms with van der Waals surface area (Å²) in [7, 11) is 1.51. The summed E-state index contributed by atoms with van der Waals surface area (Å²) in [6.07, 6.45) is 2.16. The number of ether oxygens (including phenoxy) is 2. The van der Waals surface area contributed by atoms with Gasteiger partial charge in [0.25, 0.3) is 5.56 Å². The van der Waals surface area contributed by atoms with E-state index in [9.17, 15) is 9.59 Å². The lowest BCUT2D eigenvalue weighted by atomic mass is 10.2. The predicted molar refractivity (Wildman–Crippen MR) is 110 cm³/mol. The molecule has 0 aliphatic carbocycles. The van der Waals surface area contributed by atoms with Crippen LogP contribution >= 0.6 is 11.6 Å². The average molecular weight is 402 g/mol. The van der Waals surface area contributed by atoms with Crippen LogP contribution in [0.2, 0.25) is 5.02 Å². The van der Waals surface area contributed by atoms with Gasteiger partial charge in [0, 0.05) is 0 Å². The van der Waals surface area contributed by atoms with Crippen molar-refractivity contribution in [2.75, 3.05) is 7.11 Å². The van der Waals surface area contributed by atoms with Crippen LogP contribution in [-0.4, -0.2) is 29.1 Å². The number of H-pyrrole nitrogens is 1. The van der Waals surface area contributed by atoms with Crippen molar-refractivity contribution in [1.29, 1.82) is 0 Å². The van der Waals surface area contributed by atoms with Crippen molar-refractivity contribution >= 4 is 28.7 Å². The Morgan fingerprint density at radius 2 is 2.04 bits per heavy atom. The predicted octanol–water partition coefficient (Wildman–Crippen LogP) is 3.41. The van der Waals surface area contributed by atoms with E-state index in [2.05, 4.69) is 10.1 Å². The van der Waals surface area contributed by atoms with Crippen LogP contribution < -0.4 is 20.7 Å². The van der Waals surface area contributed by atoms with E-state index in [1.165, 1.54) is 13.3 Å². The lowest BCUT2D eigenvalue weighted by Crippen LogP contribution is -2.32. The minimum atomic E-state index is -0.630. The van der Waals surface area contributed by atoms with E-state index < -0.39 is 11.2 Å². The van der Waals surface area contributed by atoms with Crippen LogP contribution in [0.3, 0.4) is 0 Å². The van der Waals surface area contributed by atoms with Gasteiger partial charge in [-0.05, 0) is 43.2 Å². The Labute approximate surface area is 166 Å². The van der Waals surface area contributed by atoms with Crippen LogP contribution in [0.25, 0.3) is 10.9 Å². The van der Waals surface area contributed by atoms with Crippen molar-refractivity contribution in [3.05, 3.63) is 67.8 Å². The zero-order chi connectivity index (χ0) is 20.3. The zero-order valence-electron chi connectivity index (χ0n) is 15.7. The number of halogens is 1. The largest absolute Gasteiger partial charge is 0.493 e. The minimum absolute atomic E-state index is 0.0272. The second-order valence-corrected chi connectivity index (χ2v) is 6.62. The second kappa shape index (κ2) is 8.31. The molecular weight excluding hydrogens is 382 g/mol. The second-order valence-electron chi connectivity index (χ2n) is 6.21. The topological polar surface area (TPSA) is 85.7 Å². The van der Waals surface area contributed by atoms with Crippen molar-refractivity contribution in [2.24, 2.45) is 5.10 Å². The number of aromatic amines is 1. The first-order chi connectivity index (χ1) is 13.4. The highest BCUT2D eigenvalue weighted by molar-refractivity contribution is 6.32. The molecule has 0 saturated heterocycles. The summed E-state index contributed by atoms with van der Waals surface area (Å²) in [5, 5.41) is 4.75. The highest BCUT2D eigenvalue weighted by atomic mass is 35.5. The van der Waals surface area contributed by atoms with Crippen LogP contribution in [0.5, 0.6) is 11.5 Å². The van der Waals surface area contributed by atoms with Gasteiger partial charge in [-0.25, -0.2) is 4.79 Å². The molecule has 0 spiro atoms. The molecule has 146 valence electrons. The van der Waals surface area contributed by atoms with E-state index in [0.29, 0.717) is 33.0 Å². The maximum atomic E-state index is 12.5. The SMILES string of the molecule is CC[C@@H](C)Oc1c(Cl)cc(C=Nn2c(=O)[nH]c3ccccc3c2=O)cc1OC. The first kappa shape index (κ1) is 19.7. The van der Waals surface area contributed by atoms with Crippen LogP contribution in [-0.2, 0) is 0 Å². The lowest BCUT2D eigenvalue weighted by molar-refractivity contribution is 0.208. The lowest BCUT2D eigenvalue weighted by Gasteiger charge is -2.17. The Kier molecular flexibility index (Phi) is 5.84. The molecule has 0 radical (unpaired) electrons. The third kappa shape index (κ3) is 3.94. The maximum Gasteiger partial charge on any atom is 0.349 e. The molecule has 1 aromatic heterocycles. The van der Waals surface area contributed by atoms with Crippen molar-refractivity contribution in [3.63, 3.8) is 0 Å². The molecule has 1 N–H and O–H groups in total. The fourth-order valence-electron chi connectivity index (χ4n) is 2.60. The van der Waals surface area contributed by atoms with Crippen LogP contribution in [0.15, 0.2) is 51.1 Å². The van der Waals surface area contributed by atoms with Gasteiger partial charge >= 0.3 is 5.69 Å².